The highest BCUT2D eigenvalue weighted by Crippen LogP contribution is 2.37. The first kappa shape index (κ1) is 20.2. The second kappa shape index (κ2) is 9.17. The molecule has 1 aliphatic rings. The molecule has 1 fully saturated rings. The lowest BCUT2D eigenvalue weighted by Gasteiger charge is -2.41. The van der Waals surface area contributed by atoms with E-state index in [-0.39, 0.29) is 11.3 Å². The van der Waals surface area contributed by atoms with Gasteiger partial charge in [0.15, 0.2) is 5.82 Å². The third-order valence-corrected chi connectivity index (χ3v) is 5.64. The molecule has 158 valence electrons. The third kappa shape index (κ3) is 4.40. The lowest BCUT2D eigenvalue weighted by molar-refractivity contribution is -0.134. The van der Waals surface area contributed by atoms with E-state index in [0.717, 1.165) is 31.4 Å². The molecule has 0 saturated carbocycles. The van der Waals surface area contributed by atoms with E-state index < -0.39 is 0 Å². The maximum atomic E-state index is 12.9. The number of carbonyl (C=O) groups is 1. The zero-order chi connectivity index (χ0) is 20.8. The van der Waals surface area contributed by atoms with Crippen LogP contribution < -0.4 is 0 Å². The number of amides is 1. The molecule has 30 heavy (non-hydrogen) atoms. The summed E-state index contributed by atoms with van der Waals surface area (Å²) >= 11 is 0. The summed E-state index contributed by atoms with van der Waals surface area (Å²) in [6.45, 7) is 2.42. The van der Waals surface area contributed by atoms with Gasteiger partial charge in [-0.25, -0.2) is 0 Å². The van der Waals surface area contributed by atoms with Crippen LogP contribution in [0.25, 0.3) is 11.5 Å². The van der Waals surface area contributed by atoms with Crippen molar-refractivity contribution in [2.45, 2.75) is 37.6 Å². The van der Waals surface area contributed by atoms with Gasteiger partial charge < -0.3 is 14.2 Å². The minimum absolute atomic E-state index is 0.114. The van der Waals surface area contributed by atoms with Gasteiger partial charge in [-0.3, -0.25) is 14.5 Å². The number of nitrogens with zero attached hydrogens (tertiary/aromatic N) is 6. The van der Waals surface area contributed by atoms with Crippen LogP contribution in [0.4, 0.5) is 0 Å². The van der Waals surface area contributed by atoms with E-state index in [4.69, 9.17) is 9.26 Å². The Hall–Kier alpha value is -3.07. The number of hydrogen-bond acceptors (Lipinski definition) is 7. The Morgan fingerprint density at radius 2 is 2.27 bits per heavy atom. The Labute approximate surface area is 175 Å². The summed E-state index contributed by atoms with van der Waals surface area (Å²) in [4.78, 5) is 23.6. The molecule has 1 unspecified atom stereocenters. The summed E-state index contributed by atoms with van der Waals surface area (Å²) < 4.78 is 12.7. The molecule has 4 rings (SSSR count). The van der Waals surface area contributed by atoms with Crippen LogP contribution in [0.5, 0.6) is 0 Å². The van der Waals surface area contributed by atoms with Crippen LogP contribution in [0.2, 0.25) is 0 Å². The van der Waals surface area contributed by atoms with Gasteiger partial charge in [-0.15, -0.1) is 0 Å². The smallest absolute Gasteiger partial charge is 0.259 e. The van der Waals surface area contributed by atoms with Gasteiger partial charge in [0.05, 0.1) is 11.0 Å². The molecule has 0 aliphatic carbocycles. The summed E-state index contributed by atoms with van der Waals surface area (Å²) in [6, 6.07) is 5.58. The Balaban J connectivity index is 1.52. The van der Waals surface area contributed by atoms with Crippen molar-refractivity contribution in [3.8, 4) is 11.5 Å². The largest absolute Gasteiger partial charge is 0.385 e. The number of likely N-dealkylation sites (tertiary alicyclic amines) is 1. The molecule has 0 radical (unpaired) electrons. The van der Waals surface area contributed by atoms with E-state index in [1.807, 2.05) is 29.3 Å². The average molecular weight is 410 g/mol. The van der Waals surface area contributed by atoms with E-state index in [1.54, 1.807) is 30.4 Å². The second-order valence-corrected chi connectivity index (χ2v) is 7.63. The Kier molecular flexibility index (Phi) is 6.18. The van der Waals surface area contributed by atoms with Gasteiger partial charge in [-0.2, -0.15) is 10.1 Å². The summed E-state index contributed by atoms with van der Waals surface area (Å²) in [7, 11) is 1.68. The molecule has 1 atom stereocenters. The highest BCUT2D eigenvalue weighted by molar-refractivity contribution is 5.76. The number of carbonyl (C=O) groups excluding carboxylic acids is 1. The topological polar surface area (TPSA) is 99.2 Å². The summed E-state index contributed by atoms with van der Waals surface area (Å²) in [5.41, 5.74) is 0.389. The van der Waals surface area contributed by atoms with Crippen molar-refractivity contribution in [1.29, 1.82) is 0 Å². The molecule has 1 saturated heterocycles. The Morgan fingerprint density at radius 1 is 1.33 bits per heavy atom. The Bertz CT molecular complexity index is 943. The molecule has 1 aliphatic heterocycles. The van der Waals surface area contributed by atoms with Crippen molar-refractivity contribution in [3.05, 3.63) is 48.8 Å². The second-order valence-electron chi connectivity index (χ2n) is 7.63. The SMILES string of the molecule is COCCC1(c2noc(-c3cccnc3)n2)CCCN(C(=O)CCn2cccn2)C1. The van der Waals surface area contributed by atoms with Gasteiger partial charge >= 0.3 is 0 Å². The first-order valence-electron chi connectivity index (χ1n) is 10.2. The number of pyridine rings is 1. The Morgan fingerprint density at radius 3 is 3.03 bits per heavy atom. The molecular formula is C21H26N6O3. The van der Waals surface area contributed by atoms with Crippen LogP contribution >= 0.6 is 0 Å². The average Bonchev–Trinajstić information content (AvgIpc) is 3.49. The van der Waals surface area contributed by atoms with Gasteiger partial charge in [0.2, 0.25) is 5.91 Å². The molecular weight excluding hydrogens is 384 g/mol. The molecule has 1 amide bonds. The van der Waals surface area contributed by atoms with Crippen LogP contribution in [-0.4, -0.2) is 62.5 Å². The molecule has 9 heteroatoms. The molecule has 0 N–H and O–H groups in total. The van der Waals surface area contributed by atoms with Crippen LogP contribution in [0.3, 0.4) is 0 Å². The predicted octanol–water partition coefficient (Wildman–Crippen LogP) is 2.32. The molecule has 0 aromatic carbocycles. The maximum Gasteiger partial charge on any atom is 0.259 e. The first-order chi connectivity index (χ1) is 14.7. The number of methoxy groups -OCH3 is 1. The highest BCUT2D eigenvalue weighted by atomic mass is 16.5. The molecule has 9 nitrogen and oxygen atoms in total. The van der Waals surface area contributed by atoms with Gasteiger partial charge in [0.1, 0.15) is 0 Å². The van der Waals surface area contributed by atoms with Gasteiger partial charge in [0.25, 0.3) is 5.89 Å². The number of rotatable bonds is 8. The molecule has 3 aromatic rings. The molecule has 4 heterocycles. The highest BCUT2D eigenvalue weighted by Gasteiger charge is 2.42. The summed E-state index contributed by atoms with van der Waals surface area (Å²) in [5.74, 6) is 1.18. The minimum atomic E-state index is -0.389. The lowest BCUT2D eigenvalue weighted by Crippen LogP contribution is -2.49. The zero-order valence-electron chi connectivity index (χ0n) is 17.1. The van der Waals surface area contributed by atoms with Gasteiger partial charge in [-0.1, -0.05) is 5.16 Å². The molecule has 0 spiro atoms. The van der Waals surface area contributed by atoms with Crippen LogP contribution in [0.1, 0.15) is 31.5 Å². The summed E-state index contributed by atoms with van der Waals surface area (Å²) in [5, 5.41) is 8.47. The molecule has 3 aromatic heterocycles. The standard InChI is InChI=1S/C21H26N6O3/c1-29-14-8-21(20-24-19(30-25-20)17-5-2-9-22-15-17)7-3-11-26(16-21)18(28)6-13-27-12-4-10-23-27/h2,4-5,9-10,12,15H,3,6-8,11,13-14,16H2,1H3. The zero-order valence-corrected chi connectivity index (χ0v) is 17.1. The van der Waals surface area contributed by atoms with Crippen LogP contribution in [-0.2, 0) is 21.5 Å². The van der Waals surface area contributed by atoms with Crippen molar-refractivity contribution in [2.75, 3.05) is 26.8 Å². The number of aryl methyl sites for hydroxylation is 1. The van der Waals surface area contributed by atoms with Crippen LogP contribution in [0.15, 0.2) is 47.5 Å². The van der Waals surface area contributed by atoms with E-state index in [9.17, 15) is 4.79 Å². The van der Waals surface area contributed by atoms with Crippen molar-refractivity contribution >= 4 is 5.91 Å². The number of hydrogen-bond donors (Lipinski definition) is 0. The quantitative estimate of drug-likeness (QED) is 0.562. The van der Waals surface area contributed by atoms with Crippen LogP contribution in [0, 0.1) is 0 Å². The van der Waals surface area contributed by atoms with Crippen molar-refractivity contribution in [3.63, 3.8) is 0 Å². The number of piperidine rings is 1. The van der Waals surface area contributed by atoms with E-state index in [0.29, 0.717) is 37.8 Å². The van der Waals surface area contributed by atoms with Crippen molar-refractivity contribution < 1.29 is 14.1 Å². The van der Waals surface area contributed by atoms with E-state index in [2.05, 4.69) is 20.2 Å². The predicted molar refractivity (Wildman–Crippen MR) is 108 cm³/mol. The van der Waals surface area contributed by atoms with Gasteiger partial charge in [0, 0.05) is 64.6 Å². The fraction of sp³-hybridized carbons (Fsp3) is 0.476. The first-order valence-corrected chi connectivity index (χ1v) is 10.2. The van der Waals surface area contributed by atoms with Crippen molar-refractivity contribution in [1.82, 2.24) is 29.8 Å². The minimum Gasteiger partial charge on any atom is -0.385 e. The number of ether oxygens (including phenoxy) is 1. The fourth-order valence-corrected chi connectivity index (χ4v) is 3.99. The monoisotopic (exact) mass is 410 g/mol. The van der Waals surface area contributed by atoms with Crippen molar-refractivity contribution in [2.24, 2.45) is 0 Å². The lowest BCUT2D eigenvalue weighted by atomic mass is 9.76. The summed E-state index contributed by atoms with van der Waals surface area (Å²) in [6.07, 6.45) is 9.88. The molecule has 0 bridgehead atoms. The third-order valence-electron chi connectivity index (χ3n) is 5.64. The fourth-order valence-electron chi connectivity index (χ4n) is 3.99. The van der Waals surface area contributed by atoms with Gasteiger partial charge in [-0.05, 0) is 37.5 Å². The maximum absolute atomic E-state index is 12.9. The van der Waals surface area contributed by atoms with E-state index in [1.165, 1.54) is 0 Å². The normalized spacial score (nSPS) is 19.2. The number of aromatic nitrogens is 5. The van der Waals surface area contributed by atoms with E-state index >= 15 is 0 Å².